The molecule has 0 spiro atoms. The number of hydrogen-bond acceptors (Lipinski definition) is 2. The van der Waals surface area contributed by atoms with Gasteiger partial charge in [-0.15, -0.1) is 0 Å². The molecule has 1 heterocycles. The molecule has 1 aromatic heterocycles. The summed E-state index contributed by atoms with van der Waals surface area (Å²) in [5, 5.41) is 3.39. The lowest BCUT2D eigenvalue weighted by atomic mass is 10.0. The van der Waals surface area contributed by atoms with Crippen molar-refractivity contribution in [1.29, 1.82) is 0 Å². The summed E-state index contributed by atoms with van der Waals surface area (Å²) in [7, 11) is 2.07. The predicted molar refractivity (Wildman–Crippen MR) is 66.4 cm³/mol. The van der Waals surface area contributed by atoms with Gasteiger partial charge in [-0.1, -0.05) is 6.92 Å². The number of hydrogen-bond donors (Lipinski definition) is 1. The van der Waals surface area contributed by atoms with Gasteiger partial charge in [-0.2, -0.15) is 0 Å². The summed E-state index contributed by atoms with van der Waals surface area (Å²) >= 11 is 0. The van der Waals surface area contributed by atoms with Crippen LogP contribution in [0.15, 0.2) is 12.4 Å². The van der Waals surface area contributed by atoms with Crippen molar-refractivity contribution in [1.82, 2.24) is 14.9 Å². The average Bonchev–Trinajstić information content (AvgIpc) is 2.90. The van der Waals surface area contributed by atoms with E-state index >= 15 is 0 Å². The summed E-state index contributed by atoms with van der Waals surface area (Å²) in [6.45, 7) is 3.33. The van der Waals surface area contributed by atoms with Crippen LogP contribution in [-0.2, 0) is 13.0 Å². The molecule has 1 aliphatic rings. The molecule has 0 aromatic carbocycles. The summed E-state index contributed by atoms with van der Waals surface area (Å²) in [6.07, 6.45) is 10.4. The fourth-order valence-electron chi connectivity index (χ4n) is 2.76. The topological polar surface area (TPSA) is 29.9 Å². The monoisotopic (exact) mass is 221 g/mol. The lowest BCUT2D eigenvalue weighted by Gasteiger charge is -2.12. The van der Waals surface area contributed by atoms with E-state index in [-0.39, 0.29) is 0 Å². The second-order valence-electron chi connectivity index (χ2n) is 4.91. The molecule has 0 saturated heterocycles. The third kappa shape index (κ3) is 2.64. The van der Waals surface area contributed by atoms with Crippen molar-refractivity contribution in [3.8, 4) is 0 Å². The fraction of sp³-hybridized carbons (Fsp3) is 0.769. The molecule has 2 unspecified atom stereocenters. The van der Waals surface area contributed by atoms with Gasteiger partial charge in [0.25, 0.3) is 0 Å². The third-order valence-electron chi connectivity index (χ3n) is 3.69. The van der Waals surface area contributed by atoms with Crippen molar-refractivity contribution in [3.63, 3.8) is 0 Å². The van der Waals surface area contributed by atoms with Gasteiger partial charge in [0.05, 0.1) is 0 Å². The number of rotatable bonds is 5. The maximum atomic E-state index is 4.49. The molecule has 0 aliphatic heterocycles. The second-order valence-corrected chi connectivity index (χ2v) is 4.91. The number of imidazole rings is 1. The van der Waals surface area contributed by atoms with E-state index in [4.69, 9.17) is 0 Å². The molecule has 1 fully saturated rings. The van der Waals surface area contributed by atoms with Gasteiger partial charge in [-0.3, -0.25) is 0 Å². The number of nitrogens with zero attached hydrogens (tertiary/aromatic N) is 2. The zero-order valence-electron chi connectivity index (χ0n) is 10.4. The van der Waals surface area contributed by atoms with Crippen LogP contribution in [0.4, 0.5) is 0 Å². The van der Waals surface area contributed by atoms with Gasteiger partial charge in [0.2, 0.25) is 0 Å². The van der Waals surface area contributed by atoms with Gasteiger partial charge < -0.3 is 9.88 Å². The van der Waals surface area contributed by atoms with Gasteiger partial charge in [-0.05, 0) is 38.6 Å². The molecule has 1 aliphatic carbocycles. The van der Waals surface area contributed by atoms with Crippen LogP contribution in [0, 0.1) is 5.92 Å². The maximum absolute atomic E-state index is 4.49. The van der Waals surface area contributed by atoms with Crippen molar-refractivity contribution in [2.24, 2.45) is 5.92 Å². The first kappa shape index (κ1) is 11.6. The Morgan fingerprint density at radius 1 is 1.50 bits per heavy atom. The van der Waals surface area contributed by atoms with E-state index < -0.39 is 0 Å². The van der Waals surface area contributed by atoms with Crippen LogP contribution < -0.4 is 5.32 Å². The van der Waals surface area contributed by atoms with Crippen molar-refractivity contribution in [2.75, 3.05) is 7.05 Å². The first-order chi connectivity index (χ1) is 7.83. The molecule has 0 bridgehead atoms. The quantitative estimate of drug-likeness (QED) is 0.826. The molecule has 16 heavy (non-hydrogen) atoms. The molecule has 1 N–H and O–H groups in total. The molecule has 0 amide bonds. The Bertz CT molecular complexity index is 319. The standard InChI is InChI=1S/C13H23N3/c1-3-7-16-8-6-15-13(16)10-11-4-5-12(9-11)14-2/h6,8,11-12,14H,3-5,7,9-10H2,1-2H3. The lowest BCUT2D eigenvalue weighted by Crippen LogP contribution is -2.21. The van der Waals surface area contributed by atoms with E-state index in [1.165, 1.54) is 31.5 Å². The van der Waals surface area contributed by atoms with Gasteiger partial charge in [-0.25, -0.2) is 4.98 Å². The molecule has 3 nitrogen and oxygen atoms in total. The lowest BCUT2D eigenvalue weighted by molar-refractivity contribution is 0.485. The summed E-state index contributed by atoms with van der Waals surface area (Å²) < 4.78 is 2.31. The molecular weight excluding hydrogens is 198 g/mol. The summed E-state index contributed by atoms with van der Waals surface area (Å²) in [5.74, 6) is 2.11. The first-order valence-electron chi connectivity index (χ1n) is 6.50. The van der Waals surface area contributed by atoms with Gasteiger partial charge in [0.1, 0.15) is 5.82 Å². The molecule has 1 aromatic rings. The average molecular weight is 221 g/mol. The SMILES string of the molecule is CCCn1ccnc1CC1CCC(NC)C1. The van der Waals surface area contributed by atoms with Crippen LogP contribution >= 0.6 is 0 Å². The van der Waals surface area contributed by atoms with Crippen molar-refractivity contribution in [2.45, 2.75) is 51.6 Å². The van der Waals surface area contributed by atoms with Crippen molar-refractivity contribution in [3.05, 3.63) is 18.2 Å². The highest BCUT2D eigenvalue weighted by Gasteiger charge is 2.24. The molecule has 90 valence electrons. The predicted octanol–water partition coefficient (Wildman–Crippen LogP) is 2.22. The van der Waals surface area contributed by atoms with Crippen molar-refractivity contribution >= 4 is 0 Å². The van der Waals surface area contributed by atoms with Crippen LogP contribution in [0.25, 0.3) is 0 Å². The molecule has 2 atom stereocenters. The van der Waals surface area contributed by atoms with E-state index in [2.05, 4.69) is 35.0 Å². The smallest absolute Gasteiger partial charge is 0.108 e. The first-order valence-corrected chi connectivity index (χ1v) is 6.50. The van der Waals surface area contributed by atoms with Gasteiger partial charge in [0, 0.05) is 31.4 Å². The van der Waals surface area contributed by atoms with E-state index in [1.54, 1.807) is 0 Å². The third-order valence-corrected chi connectivity index (χ3v) is 3.69. The maximum Gasteiger partial charge on any atom is 0.108 e. The highest BCUT2D eigenvalue weighted by Crippen LogP contribution is 2.28. The second kappa shape index (κ2) is 5.48. The molecule has 1 saturated carbocycles. The minimum absolute atomic E-state index is 0.736. The fourth-order valence-corrected chi connectivity index (χ4v) is 2.76. The zero-order chi connectivity index (χ0) is 11.4. The van der Waals surface area contributed by atoms with E-state index in [1.807, 2.05) is 6.20 Å². The molecule has 2 rings (SSSR count). The van der Waals surface area contributed by atoms with Crippen LogP contribution in [-0.4, -0.2) is 22.6 Å². The Hall–Kier alpha value is -0.830. The number of nitrogens with one attached hydrogen (secondary N) is 1. The Labute approximate surface area is 98.3 Å². The zero-order valence-corrected chi connectivity index (χ0v) is 10.4. The largest absolute Gasteiger partial charge is 0.335 e. The Morgan fingerprint density at radius 2 is 2.38 bits per heavy atom. The summed E-state index contributed by atoms with van der Waals surface area (Å²) in [6, 6.07) is 0.736. The molecule has 0 radical (unpaired) electrons. The van der Waals surface area contributed by atoms with E-state index in [9.17, 15) is 0 Å². The molecule has 3 heteroatoms. The Kier molecular flexibility index (Phi) is 3.99. The number of aromatic nitrogens is 2. The Morgan fingerprint density at radius 3 is 3.06 bits per heavy atom. The van der Waals surface area contributed by atoms with Crippen LogP contribution in [0.1, 0.15) is 38.4 Å². The van der Waals surface area contributed by atoms with Crippen molar-refractivity contribution < 1.29 is 0 Å². The van der Waals surface area contributed by atoms with Gasteiger partial charge in [0.15, 0.2) is 0 Å². The van der Waals surface area contributed by atoms with Crippen LogP contribution in [0.3, 0.4) is 0 Å². The minimum atomic E-state index is 0.736. The van der Waals surface area contributed by atoms with E-state index in [0.29, 0.717) is 0 Å². The molecular formula is C13H23N3. The van der Waals surface area contributed by atoms with Gasteiger partial charge >= 0.3 is 0 Å². The highest BCUT2D eigenvalue weighted by atomic mass is 15.1. The highest BCUT2D eigenvalue weighted by molar-refractivity contribution is 4.96. The normalized spacial score (nSPS) is 25.1. The van der Waals surface area contributed by atoms with E-state index in [0.717, 1.165) is 24.9 Å². The van der Waals surface area contributed by atoms with Crippen LogP contribution in [0.5, 0.6) is 0 Å². The number of aryl methyl sites for hydroxylation is 1. The van der Waals surface area contributed by atoms with Crippen LogP contribution in [0.2, 0.25) is 0 Å². The Balaban J connectivity index is 1.91. The summed E-state index contributed by atoms with van der Waals surface area (Å²) in [5.41, 5.74) is 0. The summed E-state index contributed by atoms with van der Waals surface area (Å²) in [4.78, 5) is 4.49. The minimum Gasteiger partial charge on any atom is -0.335 e.